The lowest BCUT2D eigenvalue weighted by Gasteiger charge is -2.05. The fourth-order valence-electron chi connectivity index (χ4n) is 1.56. The first-order valence-electron chi connectivity index (χ1n) is 5.39. The van der Waals surface area contributed by atoms with Gasteiger partial charge >= 0.3 is 0 Å². The van der Waals surface area contributed by atoms with Gasteiger partial charge < -0.3 is 10.3 Å². The van der Waals surface area contributed by atoms with E-state index in [0.29, 0.717) is 5.56 Å². The van der Waals surface area contributed by atoms with Crippen LogP contribution in [0.4, 0.5) is 8.78 Å². The van der Waals surface area contributed by atoms with Crippen molar-refractivity contribution in [2.75, 3.05) is 0 Å². The summed E-state index contributed by atoms with van der Waals surface area (Å²) in [5, 5.41) is 21.0. The standard InChI is InChI=1S/C13H10F2N2O2/c14-10-3-2-9(5-11(10)15)13(17-19)12-4-1-8(7-18)6-16-12/h1-6,18-19H,7H2. The Morgan fingerprint density at radius 3 is 2.47 bits per heavy atom. The zero-order chi connectivity index (χ0) is 13.8. The molecular weight excluding hydrogens is 254 g/mol. The Bertz CT molecular complexity index is 613. The van der Waals surface area contributed by atoms with E-state index >= 15 is 0 Å². The number of hydrogen-bond acceptors (Lipinski definition) is 4. The van der Waals surface area contributed by atoms with E-state index in [2.05, 4.69) is 10.1 Å². The summed E-state index contributed by atoms with van der Waals surface area (Å²) in [6, 6.07) is 6.26. The zero-order valence-electron chi connectivity index (χ0n) is 9.72. The molecule has 0 radical (unpaired) electrons. The van der Waals surface area contributed by atoms with Gasteiger partial charge in [-0.25, -0.2) is 8.78 Å². The van der Waals surface area contributed by atoms with Gasteiger partial charge in [-0.05, 0) is 29.8 Å². The molecule has 0 bridgehead atoms. The van der Waals surface area contributed by atoms with E-state index in [1.165, 1.54) is 18.3 Å². The maximum atomic E-state index is 13.1. The SMILES string of the molecule is OCc1ccc(C(=NO)c2ccc(F)c(F)c2)nc1. The number of hydrogen-bond donors (Lipinski definition) is 2. The molecule has 19 heavy (non-hydrogen) atoms. The van der Waals surface area contributed by atoms with Crippen LogP contribution in [0.1, 0.15) is 16.8 Å². The van der Waals surface area contributed by atoms with E-state index in [9.17, 15) is 8.78 Å². The van der Waals surface area contributed by atoms with Crippen molar-refractivity contribution in [3.8, 4) is 0 Å². The first-order chi connectivity index (χ1) is 9.15. The third-order valence-electron chi connectivity index (χ3n) is 2.54. The summed E-state index contributed by atoms with van der Waals surface area (Å²) >= 11 is 0. The quantitative estimate of drug-likeness (QED) is 0.506. The van der Waals surface area contributed by atoms with Crippen LogP contribution in [-0.4, -0.2) is 21.0 Å². The second kappa shape index (κ2) is 5.53. The van der Waals surface area contributed by atoms with Gasteiger partial charge in [0.05, 0.1) is 12.3 Å². The van der Waals surface area contributed by atoms with E-state index in [4.69, 9.17) is 10.3 Å². The van der Waals surface area contributed by atoms with Gasteiger partial charge in [-0.2, -0.15) is 0 Å². The van der Waals surface area contributed by atoms with Gasteiger partial charge in [0.2, 0.25) is 0 Å². The first kappa shape index (κ1) is 13.1. The number of benzene rings is 1. The lowest BCUT2D eigenvalue weighted by atomic mass is 10.1. The maximum Gasteiger partial charge on any atom is 0.159 e. The van der Waals surface area contributed by atoms with E-state index < -0.39 is 11.6 Å². The molecule has 1 heterocycles. The lowest BCUT2D eigenvalue weighted by molar-refractivity contribution is 0.281. The van der Waals surface area contributed by atoms with E-state index in [1.807, 2.05) is 0 Å². The van der Waals surface area contributed by atoms with Crippen molar-refractivity contribution in [2.24, 2.45) is 5.16 Å². The van der Waals surface area contributed by atoms with Crippen LogP contribution in [0, 0.1) is 11.6 Å². The van der Waals surface area contributed by atoms with Gasteiger partial charge in [-0.15, -0.1) is 0 Å². The average molecular weight is 264 g/mol. The van der Waals surface area contributed by atoms with Crippen molar-refractivity contribution in [1.29, 1.82) is 0 Å². The molecule has 0 atom stereocenters. The van der Waals surface area contributed by atoms with Gasteiger partial charge in [-0.1, -0.05) is 11.2 Å². The molecule has 4 nitrogen and oxygen atoms in total. The van der Waals surface area contributed by atoms with Crippen molar-refractivity contribution >= 4 is 5.71 Å². The minimum atomic E-state index is -1.04. The van der Waals surface area contributed by atoms with Crippen LogP contribution in [0.5, 0.6) is 0 Å². The van der Waals surface area contributed by atoms with Crippen molar-refractivity contribution in [3.05, 3.63) is 65.0 Å². The van der Waals surface area contributed by atoms with Crippen LogP contribution in [0.2, 0.25) is 0 Å². The highest BCUT2D eigenvalue weighted by Gasteiger charge is 2.12. The van der Waals surface area contributed by atoms with Gasteiger partial charge in [0.25, 0.3) is 0 Å². The second-order valence-corrected chi connectivity index (χ2v) is 3.79. The van der Waals surface area contributed by atoms with Gasteiger partial charge in [0.15, 0.2) is 11.6 Å². The minimum Gasteiger partial charge on any atom is -0.410 e. The van der Waals surface area contributed by atoms with E-state index in [-0.39, 0.29) is 23.6 Å². The minimum absolute atomic E-state index is 0.0170. The summed E-state index contributed by atoms with van der Waals surface area (Å²) in [5.74, 6) is -2.02. The highest BCUT2D eigenvalue weighted by molar-refractivity contribution is 6.11. The van der Waals surface area contributed by atoms with Crippen LogP contribution in [-0.2, 0) is 6.61 Å². The number of aromatic nitrogens is 1. The molecule has 0 saturated heterocycles. The molecule has 1 aromatic carbocycles. The topological polar surface area (TPSA) is 65.7 Å². The summed E-state index contributed by atoms with van der Waals surface area (Å²) in [7, 11) is 0. The highest BCUT2D eigenvalue weighted by atomic mass is 19.2. The summed E-state index contributed by atoms with van der Waals surface area (Å²) < 4.78 is 26.0. The summed E-state index contributed by atoms with van der Waals surface area (Å²) in [6.07, 6.45) is 1.40. The molecule has 0 aliphatic heterocycles. The molecule has 0 amide bonds. The molecule has 0 unspecified atom stereocenters. The van der Waals surface area contributed by atoms with Gasteiger partial charge in [-0.3, -0.25) is 4.98 Å². The predicted molar refractivity (Wildman–Crippen MR) is 63.9 cm³/mol. The number of pyridine rings is 1. The van der Waals surface area contributed by atoms with Crippen LogP contribution >= 0.6 is 0 Å². The summed E-state index contributed by atoms with van der Waals surface area (Å²) in [4.78, 5) is 3.98. The molecule has 98 valence electrons. The lowest BCUT2D eigenvalue weighted by Crippen LogP contribution is -2.07. The van der Waals surface area contributed by atoms with Gasteiger partial charge in [0.1, 0.15) is 5.71 Å². The van der Waals surface area contributed by atoms with Crippen LogP contribution in [0.3, 0.4) is 0 Å². The Labute approximate surface area is 107 Å². The molecule has 6 heteroatoms. The molecule has 0 spiro atoms. The summed E-state index contributed by atoms with van der Waals surface area (Å²) in [6.45, 7) is -0.163. The Hall–Kier alpha value is -2.34. The molecule has 2 aromatic rings. The van der Waals surface area contributed by atoms with E-state index in [1.54, 1.807) is 6.07 Å². The Kier molecular flexibility index (Phi) is 3.82. The highest BCUT2D eigenvalue weighted by Crippen LogP contribution is 2.13. The van der Waals surface area contributed by atoms with Crippen LogP contribution in [0.25, 0.3) is 0 Å². The van der Waals surface area contributed by atoms with Crippen molar-refractivity contribution in [1.82, 2.24) is 4.98 Å². The van der Waals surface area contributed by atoms with Gasteiger partial charge in [0, 0.05) is 11.8 Å². The zero-order valence-corrected chi connectivity index (χ0v) is 9.72. The van der Waals surface area contributed by atoms with Crippen molar-refractivity contribution < 1.29 is 19.1 Å². The molecule has 0 fully saturated rings. The summed E-state index contributed by atoms with van der Waals surface area (Å²) in [5.41, 5.74) is 1.09. The fraction of sp³-hybridized carbons (Fsp3) is 0.0769. The number of aliphatic hydroxyl groups is 1. The van der Waals surface area contributed by atoms with Crippen LogP contribution in [0.15, 0.2) is 41.7 Å². The number of halogens is 2. The number of nitrogens with zero attached hydrogens (tertiary/aromatic N) is 2. The smallest absolute Gasteiger partial charge is 0.159 e. The molecule has 1 aromatic heterocycles. The third-order valence-corrected chi connectivity index (χ3v) is 2.54. The third kappa shape index (κ3) is 2.74. The number of rotatable bonds is 3. The molecule has 2 rings (SSSR count). The second-order valence-electron chi connectivity index (χ2n) is 3.79. The fourth-order valence-corrected chi connectivity index (χ4v) is 1.56. The number of aliphatic hydroxyl groups excluding tert-OH is 1. The Morgan fingerprint density at radius 1 is 1.16 bits per heavy atom. The molecule has 2 N–H and O–H groups in total. The number of oxime groups is 1. The molecular formula is C13H10F2N2O2. The predicted octanol–water partition coefficient (Wildman–Crippen LogP) is 2.08. The van der Waals surface area contributed by atoms with Crippen molar-refractivity contribution in [2.45, 2.75) is 6.61 Å². The van der Waals surface area contributed by atoms with Crippen LogP contribution < -0.4 is 0 Å². The van der Waals surface area contributed by atoms with E-state index in [0.717, 1.165) is 12.1 Å². The normalized spacial score (nSPS) is 11.6. The Morgan fingerprint density at radius 2 is 1.95 bits per heavy atom. The molecule has 0 aliphatic carbocycles. The molecule has 0 aliphatic rings. The largest absolute Gasteiger partial charge is 0.410 e. The monoisotopic (exact) mass is 264 g/mol. The molecule has 0 saturated carbocycles. The van der Waals surface area contributed by atoms with Crippen molar-refractivity contribution in [3.63, 3.8) is 0 Å². The first-order valence-corrected chi connectivity index (χ1v) is 5.39. The Balaban J connectivity index is 2.41. The maximum absolute atomic E-state index is 13.1. The average Bonchev–Trinajstić information content (AvgIpc) is 2.44.